The van der Waals surface area contributed by atoms with Gasteiger partial charge in [-0.2, -0.15) is 0 Å². The Labute approximate surface area is 124 Å². The van der Waals surface area contributed by atoms with Gasteiger partial charge < -0.3 is 9.84 Å². The average Bonchev–Trinajstić information content (AvgIpc) is 2.72. The number of aliphatic hydroxyl groups is 1. The Morgan fingerprint density at radius 2 is 1.86 bits per heavy atom. The molecule has 1 fully saturated rings. The zero-order chi connectivity index (χ0) is 15.8. The fourth-order valence-electron chi connectivity index (χ4n) is 2.35. The van der Waals surface area contributed by atoms with Gasteiger partial charge in [-0.05, 0) is 17.9 Å². The number of benzene rings is 1. The highest BCUT2D eigenvalue weighted by Crippen LogP contribution is 2.34. The number of hydrogen-bond donors (Lipinski definition) is 1. The molecule has 1 N–H and O–H groups in total. The average molecular weight is 291 g/mol. The van der Waals surface area contributed by atoms with E-state index in [9.17, 15) is 14.7 Å². The lowest BCUT2D eigenvalue weighted by molar-refractivity contribution is -0.143. The number of nitrogens with zero attached hydrogens (tertiary/aromatic N) is 1. The Balaban J connectivity index is 2.23. The Morgan fingerprint density at radius 1 is 1.29 bits per heavy atom. The Bertz CT molecular complexity index is 535. The lowest BCUT2D eigenvalue weighted by Gasteiger charge is -2.29. The molecular weight excluding hydrogens is 270 g/mol. The molecule has 0 bridgehead atoms. The monoisotopic (exact) mass is 291 g/mol. The van der Waals surface area contributed by atoms with E-state index in [0.29, 0.717) is 0 Å². The quantitative estimate of drug-likeness (QED) is 0.909. The van der Waals surface area contributed by atoms with E-state index in [2.05, 4.69) is 0 Å². The van der Waals surface area contributed by atoms with E-state index >= 15 is 0 Å². The van der Waals surface area contributed by atoms with Crippen molar-refractivity contribution in [1.82, 2.24) is 4.90 Å². The Morgan fingerprint density at radius 3 is 2.38 bits per heavy atom. The number of carbonyl (C=O) groups excluding carboxylic acids is 2. The van der Waals surface area contributed by atoms with Crippen LogP contribution >= 0.6 is 0 Å². The highest BCUT2D eigenvalue weighted by atomic mass is 16.6. The zero-order valence-electron chi connectivity index (χ0n) is 12.7. The molecule has 0 spiro atoms. The molecule has 0 aromatic heterocycles. The zero-order valence-corrected chi connectivity index (χ0v) is 12.7. The van der Waals surface area contributed by atoms with E-state index in [4.69, 9.17) is 4.74 Å². The van der Waals surface area contributed by atoms with Crippen LogP contribution in [0.2, 0.25) is 0 Å². The van der Waals surface area contributed by atoms with Crippen LogP contribution in [0.25, 0.3) is 0 Å². The van der Waals surface area contributed by atoms with E-state index in [1.807, 2.05) is 30.3 Å². The minimum atomic E-state index is -1.25. The highest BCUT2D eigenvalue weighted by molar-refractivity contribution is 5.96. The molecule has 1 aromatic rings. The van der Waals surface area contributed by atoms with Gasteiger partial charge in [0.2, 0.25) is 0 Å². The van der Waals surface area contributed by atoms with Crippen molar-refractivity contribution in [2.45, 2.75) is 45.9 Å². The van der Waals surface area contributed by atoms with Crippen LogP contribution in [-0.4, -0.2) is 34.2 Å². The minimum absolute atomic E-state index is 0.454. The molecule has 0 unspecified atom stereocenters. The number of hydrogen-bond acceptors (Lipinski definition) is 4. The maximum Gasteiger partial charge on any atom is 0.417 e. The first-order chi connectivity index (χ1) is 9.73. The summed E-state index contributed by atoms with van der Waals surface area (Å²) < 4.78 is 5.31. The molecule has 5 heteroatoms. The van der Waals surface area contributed by atoms with E-state index in [1.165, 1.54) is 0 Å². The van der Waals surface area contributed by atoms with Crippen molar-refractivity contribution in [2.75, 3.05) is 0 Å². The van der Waals surface area contributed by atoms with Gasteiger partial charge in [-0.3, -0.25) is 4.79 Å². The third kappa shape index (κ3) is 2.93. The molecule has 3 atom stereocenters. The molecule has 1 aromatic carbocycles. The van der Waals surface area contributed by atoms with Gasteiger partial charge in [0.15, 0.2) is 0 Å². The molecule has 0 radical (unpaired) electrons. The summed E-state index contributed by atoms with van der Waals surface area (Å²) in [6, 6.07) is 8.82. The number of carbonyl (C=O) groups is 2. The second-order valence-electron chi connectivity index (χ2n) is 6.43. The third-order valence-electron chi connectivity index (χ3n) is 3.69. The van der Waals surface area contributed by atoms with Gasteiger partial charge in [0.05, 0.1) is 6.04 Å². The van der Waals surface area contributed by atoms with E-state index in [1.54, 1.807) is 27.7 Å². The van der Waals surface area contributed by atoms with Crippen molar-refractivity contribution < 1.29 is 19.4 Å². The molecule has 1 aliphatic heterocycles. The number of imide groups is 1. The van der Waals surface area contributed by atoms with Crippen LogP contribution in [0, 0.1) is 5.41 Å². The molecular formula is C16H21NO4. The smallest absolute Gasteiger partial charge is 0.417 e. The highest BCUT2D eigenvalue weighted by Gasteiger charge is 2.46. The molecule has 0 aliphatic carbocycles. The van der Waals surface area contributed by atoms with Gasteiger partial charge in [-0.1, -0.05) is 51.1 Å². The first-order valence-corrected chi connectivity index (χ1v) is 7.00. The summed E-state index contributed by atoms with van der Waals surface area (Å²) in [7, 11) is 0. The summed E-state index contributed by atoms with van der Waals surface area (Å²) in [5, 5.41) is 10.1. The summed E-state index contributed by atoms with van der Waals surface area (Å²) in [6.07, 6.45) is -2.46. The van der Waals surface area contributed by atoms with Crippen molar-refractivity contribution in [2.24, 2.45) is 5.41 Å². The molecule has 1 aliphatic rings. The lowest BCUT2D eigenvalue weighted by atomic mass is 9.88. The van der Waals surface area contributed by atoms with E-state index in [0.717, 1.165) is 10.5 Å². The summed E-state index contributed by atoms with van der Waals surface area (Å²) >= 11 is 0. The second-order valence-corrected chi connectivity index (χ2v) is 6.43. The van der Waals surface area contributed by atoms with Crippen LogP contribution in [0.3, 0.4) is 0 Å². The molecule has 1 saturated heterocycles. The van der Waals surface area contributed by atoms with Crippen LogP contribution in [0.4, 0.5) is 4.79 Å². The first-order valence-electron chi connectivity index (χ1n) is 7.00. The lowest BCUT2D eigenvalue weighted by Crippen LogP contribution is -2.48. The molecule has 1 heterocycles. The fraction of sp³-hybridized carbons (Fsp3) is 0.500. The van der Waals surface area contributed by atoms with Crippen LogP contribution in [0.5, 0.6) is 0 Å². The van der Waals surface area contributed by atoms with Crippen LogP contribution < -0.4 is 0 Å². The summed E-state index contributed by atoms with van der Waals surface area (Å²) in [5.74, 6) is -0.613. The van der Waals surface area contributed by atoms with E-state index in [-0.39, 0.29) is 0 Å². The SMILES string of the molecule is C[C@@H]1[C@H](c2ccccc2)OC(=O)N1C(=O)[C@H](O)C(C)(C)C. The predicted octanol–water partition coefficient (Wildman–Crippen LogP) is 2.50. The number of rotatable bonds is 2. The van der Waals surface area contributed by atoms with Gasteiger partial charge >= 0.3 is 6.09 Å². The van der Waals surface area contributed by atoms with Crippen molar-refractivity contribution in [3.63, 3.8) is 0 Å². The molecule has 2 amide bonds. The van der Waals surface area contributed by atoms with Crippen LogP contribution in [0.1, 0.15) is 39.4 Å². The fourth-order valence-corrected chi connectivity index (χ4v) is 2.35. The standard InChI is InChI=1S/C16H21NO4/c1-10-12(11-8-6-5-7-9-11)21-15(20)17(10)14(19)13(18)16(2,3)4/h5-10,12-13,18H,1-4H3/t10-,12-,13+/m1/s1. The molecule has 114 valence electrons. The maximum absolute atomic E-state index is 12.4. The third-order valence-corrected chi connectivity index (χ3v) is 3.69. The van der Waals surface area contributed by atoms with Crippen molar-refractivity contribution >= 4 is 12.0 Å². The van der Waals surface area contributed by atoms with Crippen LogP contribution in [-0.2, 0) is 9.53 Å². The normalized spacial score (nSPS) is 23.9. The van der Waals surface area contributed by atoms with Crippen LogP contribution in [0.15, 0.2) is 30.3 Å². The van der Waals surface area contributed by atoms with Gasteiger partial charge in [-0.25, -0.2) is 9.69 Å². The summed E-state index contributed by atoms with van der Waals surface area (Å²) in [6.45, 7) is 6.98. The maximum atomic E-state index is 12.4. The topological polar surface area (TPSA) is 66.8 Å². The van der Waals surface area contributed by atoms with Crippen molar-refractivity contribution in [3.05, 3.63) is 35.9 Å². The molecule has 0 saturated carbocycles. The summed E-state index contributed by atoms with van der Waals surface area (Å²) in [4.78, 5) is 25.4. The number of amides is 2. The number of cyclic esters (lactones) is 1. The second kappa shape index (κ2) is 5.48. The first kappa shape index (κ1) is 15.5. The van der Waals surface area contributed by atoms with Gasteiger partial charge in [0, 0.05) is 0 Å². The minimum Gasteiger partial charge on any atom is -0.439 e. The van der Waals surface area contributed by atoms with Crippen molar-refractivity contribution in [3.8, 4) is 0 Å². The number of aliphatic hydroxyl groups excluding tert-OH is 1. The molecule has 2 rings (SSSR count). The van der Waals surface area contributed by atoms with Gasteiger partial charge in [0.1, 0.15) is 12.2 Å². The Hall–Kier alpha value is -1.88. The largest absolute Gasteiger partial charge is 0.439 e. The predicted molar refractivity (Wildman–Crippen MR) is 77.4 cm³/mol. The van der Waals surface area contributed by atoms with Gasteiger partial charge in [0.25, 0.3) is 5.91 Å². The Kier molecular flexibility index (Phi) is 4.05. The summed E-state index contributed by atoms with van der Waals surface area (Å²) in [5.41, 5.74) is 0.195. The van der Waals surface area contributed by atoms with Crippen molar-refractivity contribution in [1.29, 1.82) is 0 Å². The number of ether oxygens (including phenoxy) is 1. The van der Waals surface area contributed by atoms with E-state index < -0.39 is 35.7 Å². The molecule has 21 heavy (non-hydrogen) atoms. The molecule has 5 nitrogen and oxygen atoms in total. The van der Waals surface area contributed by atoms with Gasteiger partial charge in [-0.15, -0.1) is 0 Å².